The summed E-state index contributed by atoms with van der Waals surface area (Å²) in [6, 6.07) is 6.82. The number of hydrogen-bond acceptors (Lipinski definition) is 3. The van der Waals surface area contributed by atoms with Crippen LogP contribution < -0.4 is 4.90 Å². The van der Waals surface area contributed by atoms with Crippen LogP contribution in [0.5, 0.6) is 0 Å². The molecule has 1 aromatic carbocycles. The van der Waals surface area contributed by atoms with Gasteiger partial charge in [0.1, 0.15) is 5.82 Å². The lowest BCUT2D eigenvalue weighted by Gasteiger charge is -2.36. The second kappa shape index (κ2) is 7.89. The van der Waals surface area contributed by atoms with Crippen LogP contribution in [0.3, 0.4) is 0 Å². The molecule has 0 bridgehead atoms. The number of anilines is 1. The first kappa shape index (κ1) is 18.4. The number of halogens is 1. The predicted octanol–water partition coefficient (Wildman–Crippen LogP) is 2.94. The molecule has 1 aromatic heterocycles. The lowest BCUT2D eigenvalue weighted by molar-refractivity contribution is -0.131. The van der Waals surface area contributed by atoms with Crippen LogP contribution in [0.1, 0.15) is 30.3 Å². The van der Waals surface area contributed by atoms with Gasteiger partial charge in [0.05, 0.1) is 11.4 Å². The van der Waals surface area contributed by atoms with Crippen molar-refractivity contribution in [2.24, 2.45) is 0 Å². The zero-order valence-electron chi connectivity index (χ0n) is 15.8. The van der Waals surface area contributed by atoms with E-state index in [-0.39, 0.29) is 11.7 Å². The van der Waals surface area contributed by atoms with Crippen molar-refractivity contribution in [3.8, 4) is 0 Å². The monoisotopic (exact) mass is 358 g/mol. The molecule has 0 N–H and O–H groups in total. The molecule has 1 fully saturated rings. The standard InChI is InChI=1S/C20H27FN4O/c1-4-25-16(3)17(15(2)22-25)9-10-20(26)24-13-11-23(12-14-24)19-8-6-5-7-18(19)21/h5-8H,4,9-14H2,1-3H3. The number of benzene rings is 1. The van der Waals surface area contributed by atoms with Crippen LogP contribution in [-0.4, -0.2) is 46.8 Å². The highest BCUT2D eigenvalue weighted by Crippen LogP contribution is 2.21. The van der Waals surface area contributed by atoms with Gasteiger partial charge in [0.25, 0.3) is 0 Å². The Hall–Kier alpha value is -2.37. The molecule has 5 nitrogen and oxygen atoms in total. The highest BCUT2D eigenvalue weighted by atomic mass is 19.1. The Balaban J connectivity index is 1.54. The smallest absolute Gasteiger partial charge is 0.223 e. The molecule has 0 atom stereocenters. The molecule has 0 spiro atoms. The number of nitrogens with zero attached hydrogens (tertiary/aromatic N) is 4. The Kier molecular flexibility index (Phi) is 5.59. The Morgan fingerprint density at radius 3 is 2.46 bits per heavy atom. The number of piperazine rings is 1. The third kappa shape index (κ3) is 3.74. The number of para-hydroxylation sites is 1. The van der Waals surface area contributed by atoms with Crippen molar-refractivity contribution in [3.63, 3.8) is 0 Å². The summed E-state index contributed by atoms with van der Waals surface area (Å²) in [6.45, 7) is 9.60. The van der Waals surface area contributed by atoms with Gasteiger partial charge in [-0.15, -0.1) is 0 Å². The van der Waals surface area contributed by atoms with Gasteiger partial charge in [-0.05, 0) is 44.9 Å². The highest BCUT2D eigenvalue weighted by Gasteiger charge is 2.23. The lowest BCUT2D eigenvalue weighted by Crippen LogP contribution is -2.49. The van der Waals surface area contributed by atoms with E-state index in [1.165, 1.54) is 11.6 Å². The minimum Gasteiger partial charge on any atom is -0.366 e. The largest absolute Gasteiger partial charge is 0.366 e. The molecule has 0 unspecified atom stereocenters. The van der Waals surface area contributed by atoms with Gasteiger partial charge in [-0.2, -0.15) is 5.10 Å². The fourth-order valence-electron chi connectivity index (χ4n) is 3.70. The second-order valence-corrected chi connectivity index (χ2v) is 6.78. The Morgan fingerprint density at radius 2 is 1.85 bits per heavy atom. The van der Waals surface area contributed by atoms with E-state index in [2.05, 4.69) is 18.9 Å². The molecule has 0 saturated carbocycles. The molecule has 140 valence electrons. The number of rotatable bonds is 5. The van der Waals surface area contributed by atoms with Crippen LogP contribution in [0.15, 0.2) is 24.3 Å². The average Bonchev–Trinajstić information content (AvgIpc) is 2.93. The van der Waals surface area contributed by atoms with Crippen LogP contribution in [0, 0.1) is 19.7 Å². The number of aromatic nitrogens is 2. The van der Waals surface area contributed by atoms with Crippen LogP contribution in [-0.2, 0) is 17.8 Å². The fraction of sp³-hybridized carbons (Fsp3) is 0.500. The zero-order valence-corrected chi connectivity index (χ0v) is 15.8. The molecule has 2 aromatic rings. The summed E-state index contributed by atoms with van der Waals surface area (Å²) in [7, 11) is 0. The van der Waals surface area contributed by atoms with Gasteiger partial charge in [-0.25, -0.2) is 4.39 Å². The minimum absolute atomic E-state index is 0.168. The van der Waals surface area contributed by atoms with Crippen molar-refractivity contribution >= 4 is 11.6 Å². The third-order valence-corrected chi connectivity index (χ3v) is 5.25. The molecule has 0 aliphatic carbocycles. The van der Waals surface area contributed by atoms with Gasteiger partial charge in [0.2, 0.25) is 5.91 Å². The number of carbonyl (C=O) groups is 1. The van der Waals surface area contributed by atoms with Crippen molar-refractivity contribution in [1.82, 2.24) is 14.7 Å². The van der Waals surface area contributed by atoms with E-state index in [0.29, 0.717) is 38.3 Å². The van der Waals surface area contributed by atoms with Gasteiger partial charge >= 0.3 is 0 Å². The molecular formula is C20H27FN4O. The molecule has 3 rings (SSSR count). The Morgan fingerprint density at radius 1 is 1.15 bits per heavy atom. The minimum atomic E-state index is -0.203. The topological polar surface area (TPSA) is 41.4 Å². The first-order valence-corrected chi connectivity index (χ1v) is 9.31. The molecule has 6 heteroatoms. The van der Waals surface area contributed by atoms with E-state index in [9.17, 15) is 9.18 Å². The van der Waals surface area contributed by atoms with Crippen molar-refractivity contribution in [2.45, 2.75) is 40.2 Å². The fourth-order valence-corrected chi connectivity index (χ4v) is 3.70. The summed E-state index contributed by atoms with van der Waals surface area (Å²) in [6.07, 6.45) is 1.22. The van der Waals surface area contributed by atoms with Crippen LogP contribution in [0.25, 0.3) is 0 Å². The van der Waals surface area contributed by atoms with Gasteiger partial charge in [-0.3, -0.25) is 9.48 Å². The van der Waals surface area contributed by atoms with E-state index in [0.717, 1.165) is 24.4 Å². The summed E-state index contributed by atoms with van der Waals surface area (Å²) in [5.41, 5.74) is 3.98. The molecule has 0 radical (unpaired) electrons. The average molecular weight is 358 g/mol. The maximum atomic E-state index is 13.9. The maximum absolute atomic E-state index is 13.9. The van der Waals surface area contributed by atoms with Crippen molar-refractivity contribution < 1.29 is 9.18 Å². The first-order valence-electron chi connectivity index (χ1n) is 9.31. The highest BCUT2D eigenvalue weighted by molar-refractivity contribution is 5.77. The Labute approximate surface area is 154 Å². The van der Waals surface area contributed by atoms with Gasteiger partial charge in [-0.1, -0.05) is 12.1 Å². The van der Waals surface area contributed by atoms with Gasteiger partial charge < -0.3 is 9.80 Å². The SMILES string of the molecule is CCn1nc(C)c(CCC(=O)N2CCN(c3ccccc3F)CC2)c1C. The maximum Gasteiger partial charge on any atom is 0.223 e. The Bertz CT molecular complexity index is 778. The number of carbonyl (C=O) groups excluding carboxylic acids is 1. The van der Waals surface area contributed by atoms with Crippen LogP contribution in [0.4, 0.5) is 10.1 Å². The van der Waals surface area contributed by atoms with Crippen LogP contribution in [0.2, 0.25) is 0 Å². The van der Waals surface area contributed by atoms with E-state index >= 15 is 0 Å². The summed E-state index contributed by atoms with van der Waals surface area (Å²) in [5.74, 6) is -0.0348. The van der Waals surface area contributed by atoms with Crippen molar-refractivity contribution in [1.29, 1.82) is 0 Å². The number of amides is 1. The molecule has 1 saturated heterocycles. The first-order chi connectivity index (χ1) is 12.5. The quantitative estimate of drug-likeness (QED) is 0.825. The molecule has 1 aliphatic heterocycles. The van der Waals surface area contributed by atoms with Gasteiger partial charge in [0.15, 0.2) is 0 Å². The zero-order chi connectivity index (χ0) is 18.7. The summed E-state index contributed by atoms with van der Waals surface area (Å²) >= 11 is 0. The number of hydrogen-bond donors (Lipinski definition) is 0. The molecule has 1 aliphatic rings. The van der Waals surface area contributed by atoms with E-state index in [4.69, 9.17) is 0 Å². The third-order valence-electron chi connectivity index (χ3n) is 5.25. The van der Waals surface area contributed by atoms with Crippen molar-refractivity contribution in [2.75, 3.05) is 31.1 Å². The molecule has 1 amide bonds. The van der Waals surface area contributed by atoms with E-state index in [1.807, 2.05) is 27.5 Å². The predicted molar refractivity (Wildman–Crippen MR) is 101 cm³/mol. The van der Waals surface area contributed by atoms with Crippen LogP contribution >= 0.6 is 0 Å². The van der Waals surface area contributed by atoms with E-state index < -0.39 is 0 Å². The molecule has 26 heavy (non-hydrogen) atoms. The van der Waals surface area contributed by atoms with Crippen molar-refractivity contribution in [3.05, 3.63) is 47.0 Å². The molecule has 2 heterocycles. The normalized spacial score (nSPS) is 14.8. The van der Waals surface area contributed by atoms with E-state index in [1.54, 1.807) is 12.1 Å². The second-order valence-electron chi connectivity index (χ2n) is 6.78. The number of aryl methyl sites for hydroxylation is 2. The summed E-state index contributed by atoms with van der Waals surface area (Å²) in [5, 5.41) is 4.52. The summed E-state index contributed by atoms with van der Waals surface area (Å²) in [4.78, 5) is 16.5. The molecular weight excluding hydrogens is 331 g/mol. The summed E-state index contributed by atoms with van der Waals surface area (Å²) < 4.78 is 15.9. The lowest BCUT2D eigenvalue weighted by atomic mass is 10.1. The van der Waals surface area contributed by atoms with Gasteiger partial charge in [0, 0.05) is 44.8 Å².